The van der Waals surface area contributed by atoms with Gasteiger partial charge in [-0.05, 0) is 28.5 Å². The molecule has 58 valence electrons. The summed E-state index contributed by atoms with van der Waals surface area (Å²) in [6.45, 7) is 0. The minimum absolute atomic E-state index is 0.422. The van der Waals surface area contributed by atoms with Gasteiger partial charge in [0.2, 0.25) is 0 Å². The van der Waals surface area contributed by atoms with Gasteiger partial charge in [-0.1, -0.05) is 0 Å². The zero-order valence-electron chi connectivity index (χ0n) is 5.04. The normalized spacial score (nSPS) is 17.8. The third kappa shape index (κ3) is 1.72. The van der Waals surface area contributed by atoms with Crippen LogP contribution in [0.4, 0.5) is 13.2 Å². The molecule has 1 heterocycles. The lowest BCUT2D eigenvalue weighted by Gasteiger charge is -1.92. The highest BCUT2D eigenvalue weighted by molar-refractivity contribution is 14.1. The van der Waals surface area contributed by atoms with E-state index in [4.69, 9.17) is 0 Å². The minimum Gasteiger partial charge on any atom is -0.205 e. The van der Waals surface area contributed by atoms with Crippen LogP contribution in [0.15, 0.2) is 32.3 Å². The van der Waals surface area contributed by atoms with Gasteiger partial charge in [-0.3, -0.25) is 0 Å². The highest BCUT2D eigenvalue weighted by atomic mass is 127. The standard InChI is InChI=1S/C6HF3IN/c7-3-1-2-11-6(9)4(8)5(3)10/h1H. The summed E-state index contributed by atoms with van der Waals surface area (Å²) < 4.78 is 36.9. The molecule has 0 aromatic rings. The first-order valence-electron chi connectivity index (χ1n) is 2.53. The van der Waals surface area contributed by atoms with Crippen molar-refractivity contribution >= 4 is 28.5 Å². The van der Waals surface area contributed by atoms with Crippen molar-refractivity contribution in [2.45, 2.75) is 0 Å². The van der Waals surface area contributed by atoms with Crippen LogP contribution < -0.4 is 0 Å². The van der Waals surface area contributed by atoms with Crippen LogP contribution in [0.5, 0.6) is 0 Å². The molecule has 1 aliphatic rings. The lowest BCUT2D eigenvalue weighted by Crippen LogP contribution is -1.78. The number of hydrogen-bond donors (Lipinski definition) is 0. The summed E-state index contributed by atoms with van der Waals surface area (Å²) in [5.41, 5.74) is 0. The lowest BCUT2D eigenvalue weighted by atomic mass is 10.4. The van der Waals surface area contributed by atoms with E-state index in [-0.39, 0.29) is 0 Å². The summed E-state index contributed by atoms with van der Waals surface area (Å²) >= 11 is 1.35. The largest absolute Gasteiger partial charge is 0.258 e. The Kier molecular flexibility index (Phi) is 2.51. The first-order valence-corrected chi connectivity index (χ1v) is 3.61. The first kappa shape index (κ1) is 8.55. The van der Waals surface area contributed by atoms with Crippen LogP contribution >= 0.6 is 22.6 Å². The van der Waals surface area contributed by atoms with Gasteiger partial charge in [-0.2, -0.15) is 9.38 Å². The second-order valence-corrected chi connectivity index (χ2v) is 2.73. The predicted octanol–water partition coefficient (Wildman–Crippen LogP) is 2.95. The Labute approximate surface area is 74.1 Å². The fourth-order valence-corrected chi connectivity index (χ4v) is 0.832. The zero-order valence-corrected chi connectivity index (χ0v) is 7.19. The molecule has 0 radical (unpaired) electrons. The minimum atomic E-state index is -1.35. The molecule has 0 aliphatic carbocycles. The third-order valence-electron chi connectivity index (χ3n) is 0.937. The van der Waals surface area contributed by atoms with E-state index in [1.54, 1.807) is 0 Å². The molecule has 0 spiro atoms. The van der Waals surface area contributed by atoms with Gasteiger partial charge in [0, 0.05) is 6.08 Å². The van der Waals surface area contributed by atoms with E-state index >= 15 is 0 Å². The maximum Gasteiger partial charge on any atom is 0.258 e. The second-order valence-electron chi connectivity index (χ2n) is 1.65. The smallest absolute Gasteiger partial charge is 0.205 e. The molecular formula is C6HF3IN. The van der Waals surface area contributed by atoms with Gasteiger partial charge in [0.05, 0.1) is 3.58 Å². The van der Waals surface area contributed by atoms with E-state index < -0.39 is 21.2 Å². The van der Waals surface area contributed by atoms with Crippen molar-refractivity contribution in [3.8, 4) is 0 Å². The molecule has 0 saturated heterocycles. The van der Waals surface area contributed by atoms with Crippen LogP contribution in [0.3, 0.4) is 0 Å². The first-order chi connectivity index (χ1) is 5.13. The molecule has 0 fully saturated rings. The van der Waals surface area contributed by atoms with Crippen molar-refractivity contribution in [1.29, 1.82) is 0 Å². The predicted molar refractivity (Wildman–Crippen MR) is 43.4 cm³/mol. The number of hydrogen-bond acceptors (Lipinski definition) is 1. The van der Waals surface area contributed by atoms with Gasteiger partial charge in [0.25, 0.3) is 5.95 Å². The zero-order chi connectivity index (χ0) is 8.43. The van der Waals surface area contributed by atoms with Crippen molar-refractivity contribution in [1.82, 2.24) is 0 Å². The van der Waals surface area contributed by atoms with Crippen molar-refractivity contribution < 1.29 is 13.2 Å². The second kappa shape index (κ2) is 3.23. The molecule has 0 saturated carbocycles. The quantitative estimate of drug-likeness (QED) is 0.474. The van der Waals surface area contributed by atoms with Crippen molar-refractivity contribution in [3.05, 3.63) is 27.3 Å². The van der Waals surface area contributed by atoms with E-state index in [9.17, 15) is 13.2 Å². The summed E-state index contributed by atoms with van der Waals surface area (Å²) in [7, 11) is 0. The molecule has 0 unspecified atom stereocenters. The van der Waals surface area contributed by atoms with Gasteiger partial charge >= 0.3 is 0 Å². The fourth-order valence-electron chi connectivity index (χ4n) is 0.453. The average Bonchev–Trinajstić information content (AvgIpc) is 2.07. The number of nitrogens with zero attached hydrogens (tertiary/aromatic N) is 1. The number of rotatable bonds is 0. The molecule has 0 aromatic carbocycles. The summed E-state index contributed by atoms with van der Waals surface area (Å²) in [4.78, 5) is 2.85. The van der Waals surface area contributed by atoms with Crippen LogP contribution in [-0.4, -0.2) is 5.87 Å². The SMILES string of the molecule is FC1=C(I)C(F)=C(F)N=C=C1. The maximum atomic E-state index is 12.5. The summed E-state index contributed by atoms with van der Waals surface area (Å²) in [6, 6.07) is 0. The van der Waals surface area contributed by atoms with Gasteiger partial charge in [-0.25, -0.2) is 8.78 Å². The van der Waals surface area contributed by atoms with Crippen LogP contribution in [0.1, 0.15) is 0 Å². The molecule has 0 amide bonds. The Bertz CT molecular complexity index is 282. The highest BCUT2D eigenvalue weighted by Crippen LogP contribution is 2.29. The van der Waals surface area contributed by atoms with Gasteiger partial charge in [0.15, 0.2) is 5.83 Å². The molecule has 0 aromatic heterocycles. The van der Waals surface area contributed by atoms with Gasteiger partial charge < -0.3 is 0 Å². The van der Waals surface area contributed by atoms with E-state index in [1.807, 2.05) is 5.87 Å². The number of aliphatic imine (C=N–C) groups is 1. The molecule has 1 aliphatic heterocycles. The molecule has 1 nitrogen and oxygen atoms in total. The molecule has 0 bridgehead atoms. The number of allylic oxidation sites excluding steroid dienone is 4. The monoisotopic (exact) mass is 271 g/mol. The van der Waals surface area contributed by atoms with E-state index in [0.29, 0.717) is 0 Å². The third-order valence-corrected chi connectivity index (χ3v) is 1.93. The molecule has 11 heavy (non-hydrogen) atoms. The van der Waals surface area contributed by atoms with E-state index in [2.05, 4.69) is 4.99 Å². The fraction of sp³-hybridized carbons (Fsp3) is 0. The van der Waals surface area contributed by atoms with Crippen LogP contribution in [0.2, 0.25) is 0 Å². The van der Waals surface area contributed by atoms with Gasteiger partial charge in [-0.15, -0.1) is 0 Å². The highest BCUT2D eigenvalue weighted by Gasteiger charge is 2.14. The van der Waals surface area contributed by atoms with Crippen LogP contribution in [0.25, 0.3) is 0 Å². The Morgan fingerprint density at radius 3 is 2.64 bits per heavy atom. The van der Waals surface area contributed by atoms with E-state index in [1.165, 1.54) is 22.6 Å². The van der Waals surface area contributed by atoms with Gasteiger partial charge in [0.1, 0.15) is 5.83 Å². The maximum absolute atomic E-state index is 12.5. The Morgan fingerprint density at radius 2 is 2.00 bits per heavy atom. The average molecular weight is 271 g/mol. The van der Waals surface area contributed by atoms with Crippen LogP contribution in [-0.2, 0) is 0 Å². The summed E-state index contributed by atoms with van der Waals surface area (Å²) in [6.07, 6.45) is 0.772. The molecule has 1 rings (SSSR count). The Hall–Kier alpha value is -0.550. The van der Waals surface area contributed by atoms with Crippen molar-refractivity contribution in [2.75, 3.05) is 0 Å². The topological polar surface area (TPSA) is 12.4 Å². The van der Waals surface area contributed by atoms with E-state index in [0.717, 1.165) is 6.08 Å². The van der Waals surface area contributed by atoms with Crippen molar-refractivity contribution in [3.63, 3.8) is 0 Å². The summed E-state index contributed by atoms with van der Waals surface area (Å²) in [5, 5.41) is 0. The Balaban J connectivity index is 3.29. The molecule has 0 atom stereocenters. The molecule has 5 heteroatoms. The van der Waals surface area contributed by atoms with Crippen molar-refractivity contribution in [2.24, 2.45) is 4.99 Å². The molecular weight excluding hydrogens is 270 g/mol. The number of halogens is 4. The lowest BCUT2D eigenvalue weighted by molar-refractivity contribution is 0.543. The van der Waals surface area contributed by atoms with Crippen LogP contribution in [0, 0.1) is 0 Å². The molecule has 0 N–H and O–H groups in total. The Morgan fingerprint density at radius 1 is 1.36 bits per heavy atom. The summed E-state index contributed by atoms with van der Waals surface area (Å²) in [5.74, 6) is -1.61.